The van der Waals surface area contributed by atoms with E-state index in [1.165, 1.54) is 12.8 Å². The molecule has 0 fully saturated rings. The lowest BCUT2D eigenvalue weighted by Gasteiger charge is -2.37. The van der Waals surface area contributed by atoms with Crippen molar-refractivity contribution in [3.05, 3.63) is 23.9 Å². The Morgan fingerprint density at radius 3 is 2.79 bits per heavy atom. The van der Waals surface area contributed by atoms with E-state index in [4.69, 9.17) is 5.73 Å². The molecule has 2 heteroatoms. The molecule has 0 amide bonds. The molecule has 1 aliphatic heterocycles. The Labute approximate surface area is 87.5 Å². The van der Waals surface area contributed by atoms with E-state index in [1.807, 2.05) is 6.08 Å². The first-order valence-corrected chi connectivity index (χ1v) is 5.43. The summed E-state index contributed by atoms with van der Waals surface area (Å²) in [6.45, 7) is 8.81. The van der Waals surface area contributed by atoms with E-state index in [9.17, 15) is 0 Å². The van der Waals surface area contributed by atoms with Gasteiger partial charge in [0.2, 0.25) is 0 Å². The molecule has 0 spiro atoms. The Bertz CT molecular complexity index is 239. The van der Waals surface area contributed by atoms with Crippen LogP contribution >= 0.6 is 0 Å². The van der Waals surface area contributed by atoms with Gasteiger partial charge in [0.05, 0.1) is 0 Å². The Morgan fingerprint density at radius 2 is 2.14 bits per heavy atom. The number of hydrogen-bond acceptors (Lipinski definition) is 2. The number of rotatable bonds is 3. The average Bonchev–Trinajstić information content (AvgIpc) is 2.30. The van der Waals surface area contributed by atoms with Crippen molar-refractivity contribution in [3.63, 3.8) is 0 Å². The summed E-state index contributed by atoms with van der Waals surface area (Å²) in [5.41, 5.74) is 6.93. The lowest BCUT2D eigenvalue weighted by Crippen LogP contribution is -2.43. The summed E-state index contributed by atoms with van der Waals surface area (Å²) in [5, 5.41) is 0. The zero-order chi connectivity index (χ0) is 10.6. The van der Waals surface area contributed by atoms with Crippen molar-refractivity contribution in [2.75, 3.05) is 13.1 Å². The van der Waals surface area contributed by atoms with Gasteiger partial charge in [0.25, 0.3) is 0 Å². The molecular weight excluding hydrogens is 172 g/mol. The highest BCUT2D eigenvalue weighted by molar-refractivity contribution is 5.18. The van der Waals surface area contributed by atoms with Crippen LogP contribution in [0.1, 0.15) is 33.6 Å². The quantitative estimate of drug-likeness (QED) is 0.747. The molecule has 0 atom stereocenters. The molecule has 0 aliphatic carbocycles. The van der Waals surface area contributed by atoms with Gasteiger partial charge in [0.1, 0.15) is 0 Å². The first-order valence-electron chi connectivity index (χ1n) is 5.43. The SMILES string of the molecule is CCCC(C)(C)N1CC=CC(N)=CC1. The van der Waals surface area contributed by atoms with Crippen LogP contribution in [-0.2, 0) is 0 Å². The summed E-state index contributed by atoms with van der Waals surface area (Å²) >= 11 is 0. The third-order valence-electron chi connectivity index (χ3n) is 2.90. The van der Waals surface area contributed by atoms with Crippen molar-refractivity contribution in [2.24, 2.45) is 5.73 Å². The fourth-order valence-electron chi connectivity index (χ4n) is 1.94. The van der Waals surface area contributed by atoms with Crippen molar-refractivity contribution >= 4 is 0 Å². The smallest absolute Gasteiger partial charge is 0.0283 e. The lowest BCUT2D eigenvalue weighted by atomic mass is 9.96. The minimum absolute atomic E-state index is 0.278. The number of nitrogens with zero attached hydrogens (tertiary/aromatic N) is 1. The molecule has 2 nitrogen and oxygen atoms in total. The monoisotopic (exact) mass is 194 g/mol. The zero-order valence-corrected chi connectivity index (χ0v) is 9.59. The minimum Gasteiger partial charge on any atom is -0.399 e. The first kappa shape index (κ1) is 11.3. The van der Waals surface area contributed by atoms with E-state index >= 15 is 0 Å². The van der Waals surface area contributed by atoms with Crippen LogP contribution in [0.25, 0.3) is 0 Å². The standard InChI is InChI=1S/C12H22N2/c1-4-8-12(2,3)14-9-5-6-11(13)7-10-14/h5-7H,4,8-10,13H2,1-3H3. The summed E-state index contributed by atoms with van der Waals surface area (Å²) in [4.78, 5) is 2.47. The van der Waals surface area contributed by atoms with E-state index in [0.29, 0.717) is 0 Å². The van der Waals surface area contributed by atoms with E-state index in [-0.39, 0.29) is 5.54 Å². The highest BCUT2D eigenvalue weighted by Gasteiger charge is 2.24. The minimum atomic E-state index is 0.278. The predicted molar refractivity (Wildman–Crippen MR) is 62.0 cm³/mol. The van der Waals surface area contributed by atoms with E-state index in [0.717, 1.165) is 18.8 Å². The van der Waals surface area contributed by atoms with Crippen LogP contribution in [-0.4, -0.2) is 23.5 Å². The second-order valence-electron chi connectivity index (χ2n) is 4.57. The van der Waals surface area contributed by atoms with Crippen molar-refractivity contribution < 1.29 is 0 Å². The molecule has 1 rings (SSSR count). The van der Waals surface area contributed by atoms with Gasteiger partial charge in [-0.3, -0.25) is 4.90 Å². The van der Waals surface area contributed by atoms with Crippen LogP contribution in [0, 0.1) is 0 Å². The highest BCUT2D eigenvalue weighted by atomic mass is 15.2. The van der Waals surface area contributed by atoms with Gasteiger partial charge < -0.3 is 5.73 Å². The summed E-state index contributed by atoms with van der Waals surface area (Å²) in [5.74, 6) is 0. The van der Waals surface area contributed by atoms with Crippen molar-refractivity contribution in [3.8, 4) is 0 Å². The summed E-state index contributed by atoms with van der Waals surface area (Å²) in [7, 11) is 0. The maximum Gasteiger partial charge on any atom is 0.0283 e. The van der Waals surface area contributed by atoms with E-state index < -0.39 is 0 Å². The van der Waals surface area contributed by atoms with Gasteiger partial charge in [-0.2, -0.15) is 0 Å². The summed E-state index contributed by atoms with van der Waals surface area (Å²) < 4.78 is 0. The molecule has 0 radical (unpaired) electrons. The molecule has 1 heterocycles. The second kappa shape index (κ2) is 4.65. The maximum atomic E-state index is 5.76. The molecule has 14 heavy (non-hydrogen) atoms. The molecule has 0 unspecified atom stereocenters. The van der Waals surface area contributed by atoms with Gasteiger partial charge in [0.15, 0.2) is 0 Å². The molecule has 0 aromatic carbocycles. The fraction of sp³-hybridized carbons (Fsp3) is 0.667. The number of allylic oxidation sites excluding steroid dienone is 1. The zero-order valence-electron chi connectivity index (χ0n) is 9.59. The summed E-state index contributed by atoms with van der Waals surface area (Å²) in [6.07, 6.45) is 8.71. The average molecular weight is 194 g/mol. The van der Waals surface area contributed by atoms with Crippen LogP contribution in [0.3, 0.4) is 0 Å². The van der Waals surface area contributed by atoms with Crippen molar-refractivity contribution in [1.82, 2.24) is 4.90 Å². The molecule has 80 valence electrons. The third kappa shape index (κ3) is 2.88. The number of hydrogen-bond donors (Lipinski definition) is 1. The van der Waals surface area contributed by atoms with Crippen LogP contribution in [0.2, 0.25) is 0 Å². The molecule has 0 aromatic rings. The van der Waals surface area contributed by atoms with Gasteiger partial charge >= 0.3 is 0 Å². The van der Waals surface area contributed by atoms with Crippen LogP contribution in [0.15, 0.2) is 23.9 Å². The Hall–Kier alpha value is -0.760. The van der Waals surface area contributed by atoms with Crippen LogP contribution in [0.5, 0.6) is 0 Å². The largest absolute Gasteiger partial charge is 0.399 e. The van der Waals surface area contributed by atoms with E-state index in [2.05, 4.69) is 37.8 Å². The molecule has 0 saturated heterocycles. The van der Waals surface area contributed by atoms with Crippen LogP contribution in [0.4, 0.5) is 0 Å². The molecule has 2 N–H and O–H groups in total. The van der Waals surface area contributed by atoms with Gasteiger partial charge in [-0.15, -0.1) is 0 Å². The van der Waals surface area contributed by atoms with Crippen molar-refractivity contribution in [1.29, 1.82) is 0 Å². The summed E-state index contributed by atoms with van der Waals surface area (Å²) in [6, 6.07) is 0. The first-order chi connectivity index (χ1) is 6.56. The molecular formula is C12H22N2. The lowest BCUT2D eigenvalue weighted by molar-refractivity contribution is 0.142. The molecule has 1 aliphatic rings. The second-order valence-corrected chi connectivity index (χ2v) is 4.57. The van der Waals surface area contributed by atoms with Crippen LogP contribution < -0.4 is 5.73 Å². The third-order valence-corrected chi connectivity index (χ3v) is 2.90. The number of nitrogens with two attached hydrogens (primary N) is 1. The topological polar surface area (TPSA) is 29.3 Å². The Kier molecular flexibility index (Phi) is 3.76. The molecule has 0 bridgehead atoms. The van der Waals surface area contributed by atoms with Gasteiger partial charge in [0, 0.05) is 24.3 Å². The maximum absolute atomic E-state index is 5.76. The highest BCUT2D eigenvalue weighted by Crippen LogP contribution is 2.21. The molecule has 0 saturated carbocycles. The fourth-order valence-corrected chi connectivity index (χ4v) is 1.94. The Morgan fingerprint density at radius 1 is 1.43 bits per heavy atom. The Balaban J connectivity index is 2.65. The van der Waals surface area contributed by atoms with Gasteiger partial charge in [-0.05, 0) is 32.4 Å². The van der Waals surface area contributed by atoms with Gasteiger partial charge in [-0.25, -0.2) is 0 Å². The van der Waals surface area contributed by atoms with Crippen molar-refractivity contribution in [2.45, 2.75) is 39.2 Å². The predicted octanol–water partition coefficient (Wildman–Crippen LogP) is 2.28. The molecule has 0 aromatic heterocycles. The van der Waals surface area contributed by atoms with E-state index in [1.54, 1.807) is 0 Å². The van der Waals surface area contributed by atoms with Gasteiger partial charge in [-0.1, -0.05) is 19.4 Å². The normalized spacial score (nSPS) is 19.2.